The van der Waals surface area contributed by atoms with Crippen LogP contribution in [0.25, 0.3) is 0 Å². The summed E-state index contributed by atoms with van der Waals surface area (Å²) in [5.74, 6) is 1.01. The molecule has 1 heterocycles. The number of hydrogen-bond donors (Lipinski definition) is 1. The molecule has 1 N–H and O–H groups in total. The van der Waals surface area contributed by atoms with Crippen molar-refractivity contribution in [3.63, 3.8) is 0 Å². The molecule has 2 aromatic rings. The fraction of sp³-hybridized carbons (Fsp3) is 0.318. The molecule has 0 saturated heterocycles. The molecular weight excluding hydrogens is 359 g/mol. The van der Waals surface area contributed by atoms with E-state index in [9.17, 15) is 4.39 Å². The first-order chi connectivity index (χ1) is 13.8. The van der Waals surface area contributed by atoms with E-state index in [0.29, 0.717) is 30.6 Å². The standard InChI is InChI=1S/C22H25FN2O3/c1-24-14-15-26-16-21(17-6-3-2-4-7-17)28-20-8-5-13-25-22(20)27-19-11-9-18(23)10-12-19/h3,5-13,21,24H,2,4,14-16H2,1H3/t21-/m1/s1. The third kappa shape index (κ3) is 5.90. The molecule has 1 aliphatic carbocycles. The minimum atomic E-state index is -0.320. The van der Waals surface area contributed by atoms with Gasteiger partial charge in [-0.25, -0.2) is 9.37 Å². The van der Waals surface area contributed by atoms with Crippen LogP contribution in [0.4, 0.5) is 4.39 Å². The van der Waals surface area contributed by atoms with Crippen LogP contribution < -0.4 is 14.8 Å². The molecule has 1 atom stereocenters. The van der Waals surface area contributed by atoms with Gasteiger partial charge in [-0.2, -0.15) is 0 Å². The summed E-state index contributed by atoms with van der Waals surface area (Å²) < 4.78 is 30.9. The van der Waals surface area contributed by atoms with E-state index < -0.39 is 0 Å². The van der Waals surface area contributed by atoms with Crippen LogP contribution in [0, 0.1) is 5.82 Å². The summed E-state index contributed by atoms with van der Waals surface area (Å²) in [6, 6.07) is 9.39. The number of rotatable bonds is 10. The number of halogens is 1. The van der Waals surface area contributed by atoms with Crippen molar-refractivity contribution in [3.05, 3.63) is 72.2 Å². The van der Waals surface area contributed by atoms with Crippen LogP contribution >= 0.6 is 0 Å². The highest BCUT2D eigenvalue weighted by molar-refractivity contribution is 5.38. The Bertz CT molecular complexity index is 806. The van der Waals surface area contributed by atoms with E-state index in [1.807, 2.05) is 7.05 Å². The number of ether oxygens (including phenoxy) is 3. The molecule has 0 aliphatic heterocycles. The van der Waals surface area contributed by atoms with Gasteiger partial charge < -0.3 is 19.5 Å². The van der Waals surface area contributed by atoms with Gasteiger partial charge in [0.05, 0.1) is 13.2 Å². The van der Waals surface area contributed by atoms with Gasteiger partial charge in [-0.1, -0.05) is 18.2 Å². The van der Waals surface area contributed by atoms with Gasteiger partial charge in [0.15, 0.2) is 5.75 Å². The third-order valence-corrected chi connectivity index (χ3v) is 4.19. The summed E-state index contributed by atoms with van der Waals surface area (Å²) >= 11 is 0. The van der Waals surface area contributed by atoms with Crippen LogP contribution in [0.3, 0.4) is 0 Å². The third-order valence-electron chi connectivity index (χ3n) is 4.19. The van der Waals surface area contributed by atoms with Crippen LogP contribution in [-0.2, 0) is 4.74 Å². The molecule has 0 saturated carbocycles. The summed E-state index contributed by atoms with van der Waals surface area (Å²) in [7, 11) is 1.89. The van der Waals surface area contributed by atoms with Crippen molar-refractivity contribution in [2.45, 2.75) is 18.9 Å². The fourth-order valence-electron chi connectivity index (χ4n) is 2.75. The molecule has 0 unspecified atom stereocenters. The Morgan fingerprint density at radius 1 is 1.18 bits per heavy atom. The smallest absolute Gasteiger partial charge is 0.262 e. The second kappa shape index (κ2) is 10.6. The molecule has 28 heavy (non-hydrogen) atoms. The molecule has 148 valence electrons. The maximum atomic E-state index is 13.1. The first-order valence-corrected chi connectivity index (χ1v) is 9.40. The number of benzene rings is 1. The van der Waals surface area contributed by atoms with Crippen molar-refractivity contribution in [1.29, 1.82) is 0 Å². The highest BCUT2D eigenvalue weighted by atomic mass is 19.1. The van der Waals surface area contributed by atoms with E-state index in [-0.39, 0.29) is 11.9 Å². The van der Waals surface area contributed by atoms with Gasteiger partial charge in [-0.15, -0.1) is 0 Å². The number of allylic oxidation sites excluding steroid dienone is 2. The number of aromatic nitrogens is 1. The van der Waals surface area contributed by atoms with Gasteiger partial charge in [-0.3, -0.25) is 0 Å². The molecule has 6 heteroatoms. The first kappa shape index (κ1) is 20.0. The minimum absolute atomic E-state index is 0.270. The minimum Gasteiger partial charge on any atom is -0.478 e. The molecule has 1 aliphatic rings. The van der Waals surface area contributed by atoms with Crippen molar-refractivity contribution in [1.82, 2.24) is 10.3 Å². The predicted molar refractivity (Wildman–Crippen MR) is 106 cm³/mol. The van der Waals surface area contributed by atoms with Crippen LogP contribution in [0.1, 0.15) is 12.8 Å². The summed E-state index contributed by atoms with van der Waals surface area (Å²) in [6.45, 7) is 1.79. The first-order valence-electron chi connectivity index (χ1n) is 9.40. The van der Waals surface area contributed by atoms with Gasteiger partial charge in [-0.05, 0) is 61.9 Å². The molecule has 0 bridgehead atoms. The van der Waals surface area contributed by atoms with Gasteiger partial charge in [0.1, 0.15) is 17.7 Å². The van der Waals surface area contributed by atoms with Crippen molar-refractivity contribution in [3.8, 4) is 17.4 Å². The maximum Gasteiger partial charge on any atom is 0.262 e. The zero-order valence-electron chi connectivity index (χ0n) is 15.9. The van der Waals surface area contributed by atoms with Crippen molar-refractivity contribution >= 4 is 0 Å². The number of nitrogens with one attached hydrogen (secondary N) is 1. The molecule has 0 radical (unpaired) electrons. The zero-order valence-corrected chi connectivity index (χ0v) is 15.9. The SMILES string of the molecule is CNCCOC[C@@H](Oc1cccnc1Oc1ccc(F)cc1)C1=CCCC=C1. The van der Waals surface area contributed by atoms with E-state index in [1.54, 1.807) is 30.5 Å². The average molecular weight is 384 g/mol. The highest BCUT2D eigenvalue weighted by Gasteiger charge is 2.19. The lowest BCUT2D eigenvalue weighted by atomic mass is 10.0. The van der Waals surface area contributed by atoms with Crippen LogP contribution in [-0.4, -0.2) is 37.9 Å². The van der Waals surface area contributed by atoms with E-state index in [1.165, 1.54) is 12.1 Å². The summed E-state index contributed by atoms with van der Waals surface area (Å²) in [5, 5.41) is 3.06. The molecular formula is C22H25FN2O3. The van der Waals surface area contributed by atoms with Crippen molar-refractivity contribution < 1.29 is 18.6 Å². The molecule has 1 aromatic carbocycles. The Morgan fingerprint density at radius 3 is 2.79 bits per heavy atom. The molecule has 3 rings (SSSR count). The fourth-order valence-corrected chi connectivity index (χ4v) is 2.75. The van der Waals surface area contributed by atoms with E-state index in [0.717, 1.165) is 25.0 Å². The average Bonchev–Trinajstić information content (AvgIpc) is 2.74. The van der Waals surface area contributed by atoms with E-state index in [4.69, 9.17) is 14.2 Å². The lowest BCUT2D eigenvalue weighted by Gasteiger charge is -2.23. The van der Waals surface area contributed by atoms with Crippen molar-refractivity contribution in [2.75, 3.05) is 26.8 Å². The Hall–Kier alpha value is -2.70. The number of pyridine rings is 1. The Labute approximate surface area is 164 Å². The zero-order chi connectivity index (χ0) is 19.6. The van der Waals surface area contributed by atoms with Gasteiger partial charge in [0.2, 0.25) is 0 Å². The summed E-state index contributed by atoms with van der Waals surface area (Å²) in [4.78, 5) is 4.28. The van der Waals surface area contributed by atoms with Gasteiger partial charge >= 0.3 is 0 Å². The number of nitrogens with zero attached hydrogens (tertiary/aromatic N) is 1. The van der Waals surface area contributed by atoms with Crippen molar-refractivity contribution in [2.24, 2.45) is 0 Å². The van der Waals surface area contributed by atoms with Gasteiger partial charge in [0, 0.05) is 12.7 Å². The lowest BCUT2D eigenvalue weighted by molar-refractivity contribution is 0.0679. The molecule has 0 fully saturated rings. The lowest BCUT2D eigenvalue weighted by Crippen LogP contribution is -2.27. The Morgan fingerprint density at radius 2 is 2.04 bits per heavy atom. The van der Waals surface area contributed by atoms with E-state index in [2.05, 4.69) is 28.5 Å². The van der Waals surface area contributed by atoms with E-state index >= 15 is 0 Å². The Kier molecular flexibility index (Phi) is 7.58. The maximum absolute atomic E-state index is 13.1. The predicted octanol–water partition coefficient (Wildman–Crippen LogP) is 4.27. The monoisotopic (exact) mass is 384 g/mol. The van der Waals surface area contributed by atoms with Gasteiger partial charge in [0.25, 0.3) is 5.88 Å². The number of hydrogen-bond acceptors (Lipinski definition) is 5. The topological polar surface area (TPSA) is 52.6 Å². The van der Waals surface area contributed by atoms with Crippen LogP contribution in [0.2, 0.25) is 0 Å². The quantitative estimate of drug-likeness (QED) is 0.620. The second-order valence-electron chi connectivity index (χ2n) is 6.33. The highest BCUT2D eigenvalue weighted by Crippen LogP contribution is 2.31. The molecule has 5 nitrogen and oxygen atoms in total. The number of likely N-dealkylation sites (N-methyl/N-ethyl adjacent to an activating group) is 1. The normalized spacial score (nSPS) is 14.4. The van der Waals surface area contributed by atoms with Crippen LogP contribution in [0.15, 0.2) is 66.4 Å². The Balaban J connectivity index is 1.74. The van der Waals surface area contributed by atoms with Crippen LogP contribution in [0.5, 0.6) is 17.4 Å². The molecule has 0 amide bonds. The summed E-state index contributed by atoms with van der Waals surface area (Å²) in [6.07, 6.45) is 9.75. The largest absolute Gasteiger partial charge is 0.478 e. The molecule has 0 spiro atoms. The molecule has 1 aromatic heterocycles. The summed E-state index contributed by atoms with van der Waals surface area (Å²) in [5.41, 5.74) is 1.08. The second-order valence-corrected chi connectivity index (χ2v) is 6.33.